The van der Waals surface area contributed by atoms with Crippen molar-refractivity contribution in [1.82, 2.24) is 19.9 Å². The molecule has 0 saturated heterocycles. The first-order valence-electron chi connectivity index (χ1n) is 6.73. The zero-order valence-electron chi connectivity index (χ0n) is 12.6. The Morgan fingerprint density at radius 3 is 2.60 bits per heavy atom. The van der Waals surface area contributed by atoms with Gasteiger partial charge < -0.3 is 14.6 Å². The Kier molecular flexibility index (Phi) is 4.39. The first-order valence-corrected chi connectivity index (χ1v) is 6.73. The molecule has 2 heterocycles. The zero-order valence-corrected chi connectivity index (χ0v) is 12.6. The highest BCUT2D eigenvalue weighted by atomic mass is 16.5. The van der Waals surface area contributed by atoms with E-state index in [0.717, 1.165) is 23.8 Å². The minimum atomic E-state index is 0.0923. The average Bonchev–Trinajstić information content (AvgIpc) is 2.80. The molecule has 108 valence electrons. The predicted molar refractivity (Wildman–Crippen MR) is 78.4 cm³/mol. The van der Waals surface area contributed by atoms with Crippen molar-refractivity contribution in [2.24, 2.45) is 7.05 Å². The molecule has 0 atom stereocenters. The largest absolute Gasteiger partial charge is 0.484 e. The average molecular weight is 274 g/mol. The molecule has 0 aliphatic carbocycles. The predicted octanol–water partition coefficient (Wildman–Crippen LogP) is 2.28. The van der Waals surface area contributed by atoms with Gasteiger partial charge in [0.25, 0.3) is 0 Å². The first-order chi connectivity index (χ1) is 9.44. The molecule has 20 heavy (non-hydrogen) atoms. The molecule has 2 aromatic rings. The minimum Gasteiger partial charge on any atom is -0.484 e. The number of rotatable bonds is 5. The van der Waals surface area contributed by atoms with Crippen LogP contribution in [-0.4, -0.2) is 20.1 Å². The van der Waals surface area contributed by atoms with Crippen LogP contribution in [0, 0.1) is 0 Å². The van der Waals surface area contributed by atoms with Gasteiger partial charge in [0.2, 0.25) is 0 Å². The molecule has 2 aromatic heterocycles. The fraction of sp³-hybridized carbons (Fsp3) is 0.467. The maximum absolute atomic E-state index is 5.67. The van der Waals surface area contributed by atoms with Gasteiger partial charge in [-0.3, -0.25) is 4.98 Å². The second-order valence-electron chi connectivity index (χ2n) is 5.83. The summed E-state index contributed by atoms with van der Waals surface area (Å²) in [6.45, 7) is 7.61. The number of ether oxygens (including phenoxy) is 1. The highest BCUT2D eigenvalue weighted by Crippen LogP contribution is 2.12. The fourth-order valence-corrected chi connectivity index (χ4v) is 1.64. The summed E-state index contributed by atoms with van der Waals surface area (Å²) in [6.07, 6.45) is 5.42. The van der Waals surface area contributed by atoms with Crippen LogP contribution in [0.2, 0.25) is 0 Å². The minimum absolute atomic E-state index is 0.0923. The van der Waals surface area contributed by atoms with Crippen LogP contribution in [0.15, 0.2) is 30.7 Å². The molecule has 0 unspecified atom stereocenters. The fourth-order valence-electron chi connectivity index (χ4n) is 1.64. The van der Waals surface area contributed by atoms with Crippen molar-refractivity contribution in [3.8, 4) is 5.75 Å². The van der Waals surface area contributed by atoms with Crippen molar-refractivity contribution in [2.75, 3.05) is 0 Å². The van der Waals surface area contributed by atoms with E-state index in [0.29, 0.717) is 6.61 Å². The van der Waals surface area contributed by atoms with Crippen molar-refractivity contribution in [3.63, 3.8) is 0 Å². The maximum Gasteiger partial charge on any atom is 0.146 e. The van der Waals surface area contributed by atoms with E-state index < -0.39 is 0 Å². The van der Waals surface area contributed by atoms with Crippen molar-refractivity contribution < 1.29 is 4.74 Å². The summed E-state index contributed by atoms with van der Waals surface area (Å²) in [4.78, 5) is 8.60. The lowest BCUT2D eigenvalue weighted by atomic mass is 10.1. The highest BCUT2D eigenvalue weighted by Gasteiger charge is 2.08. The molecule has 0 aliphatic rings. The Labute approximate surface area is 120 Å². The summed E-state index contributed by atoms with van der Waals surface area (Å²) in [5.74, 6) is 1.65. The van der Waals surface area contributed by atoms with Crippen LogP contribution in [-0.2, 0) is 20.2 Å². The summed E-state index contributed by atoms with van der Waals surface area (Å²) in [5.41, 5.74) is 1.10. The number of pyridine rings is 1. The standard InChI is InChI=1S/C15H22N4O/c1-15(2,3)18-9-12-5-6-13(10-17-12)20-11-14-16-7-8-19(14)4/h5-8,10,18H,9,11H2,1-4H3. The Morgan fingerprint density at radius 2 is 2.05 bits per heavy atom. The first kappa shape index (κ1) is 14.5. The molecule has 0 saturated carbocycles. The lowest BCUT2D eigenvalue weighted by Crippen LogP contribution is -2.35. The number of aryl methyl sites for hydroxylation is 1. The number of hydrogen-bond donors (Lipinski definition) is 1. The number of aromatic nitrogens is 3. The van der Waals surface area contributed by atoms with Gasteiger partial charge in [0.05, 0.1) is 11.9 Å². The summed E-state index contributed by atoms with van der Waals surface area (Å²) < 4.78 is 7.60. The Balaban J connectivity index is 1.87. The van der Waals surface area contributed by atoms with Crippen LogP contribution in [0.25, 0.3) is 0 Å². The second kappa shape index (κ2) is 6.05. The van der Waals surface area contributed by atoms with Crippen LogP contribution in [0.4, 0.5) is 0 Å². The smallest absolute Gasteiger partial charge is 0.146 e. The van der Waals surface area contributed by atoms with E-state index in [1.165, 1.54) is 0 Å². The van der Waals surface area contributed by atoms with Gasteiger partial charge in [-0.15, -0.1) is 0 Å². The number of nitrogens with one attached hydrogen (secondary N) is 1. The van der Waals surface area contributed by atoms with Gasteiger partial charge in [0.1, 0.15) is 18.2 Å². The molecule has 5 nitrogen and oxygen atoms in total. The van der Waals surface area contributed by atoms with Crippen LogP contribution >= 0.6 is 0 Å². The molecule has 0 fully saturated rings. The van der Waals surface area contributed by atoms with Gasteiger partial charge in [-0.1, -0.05) is 0 Å². The third-order valence-corrected chi connectivity index (χ3v) is 2.89. The quantitative estimate of drug-likeness (QED) is 0.909. The van der Waals surface area contributed by atoms with Gasteiger partial charge in [0.15, 0.2) is 0 Å². The molecular weight excluding hydrogens is 252 g/mol. The van der Waals surface area contributed by atoms with E-state index in [9.17, 15) is 0 Å². The van der Waals surface area contributed by atoms with Crippen molar-refractivity contribution >= 4 is 0 Å². The summed E-state index contributed by atoms with van der Waals surface area (Å²) in [7, 11) is 1.95. The van der Waals surface area contributed by atoms with E-state index in [1.807, 2.05) is 29.9 Å². The number of hydrogen-bond acceptors (Lipinski definition) is 4. The van der Waals surface area contributed by atoms with Crippen LogP contribution in [0.1, 0.15) is 32.3 Å². The summed E-state index contributed by atoms with van der Waals surface area (Å²) >= 11 is 0. The van der Waals surface area contributed by atoms with Gasteiger partial charge in [-0.2, -0.15) is 0 Å². The Morgan fingerprint density at radius 1 is 1.25 bits per heavy atom. The van der Waals surface area contributed by atoms with E-state index in [4.69, 9.17) is 4.74 Å². The van der Waals surface area contributed by atoms with Gasteiger partial charge in [-0.05, 0) is 32.9 Å². The van der Waals surface area contributed by atoms with E-state index in [2.05, 4.69) is 36.1 Å². The lowest BCUT2D eigenvalue weighted by Gasteiger charge is -2.20. The van der Waals surface area contributed by atoms with Crippen molar-refractivity contribution in [3.05, 3.63) is 42.2 Å². The lowest BCUT2D eigenvalue weighted by molar-refractivity contribution is 0.290. The normalized spacial score (nSPS) is 11.6. The monoisotopic (exact) mass is 274 g/mol. The second-order valence-corrected chi connectivity index (χ2v) is 5.83. The molecule has 0 aromatic carbocycles. The molecule has 5 heteroatoms. The Bertz CT molecular complexity index is 540. The van der Waals surface area contributed by atoms with Crippen LogP contribution in [0.3, 0.4) is 0 Å². The molecule has 1 N–H and O–H groups in total. The van der Waals surface area contributed by atoms with Gasteiger partial charge in [-0.25, -0.2) is 4.98 Å². The van der Waals surface area contributed by atoms with Crippen LogP contribution in [0.5, 0.6) is 5.75 Å². The highest BCUT2D eigenvalue weighted by molar-refractivity contribution is 5.20. The summed E-state index contributed by atoms with van der Waals surface area (Å²) in [5, 5.41) is 3.40. The van der Waals surface area contributed by atoms with E-state index >= 15 is 0 Å². The molecule has 0 amide bonds. The van der Waals surface area contributed by atoms with Gasteiger partial charge in [0, 0.05) is 31.5 Å². The third kappa shape index (κ3) is 4.35. The topological polar surface area (TPSA) is 52.0 Å². The van der Waals surface area contributed by atoms with Gasteiger partial charge >= 0.3 is 0 Å². The molecule has 2 rings (SSSR count). The SMILES string of the molecule is Cn1ccnc1COc1ccc(CNC(C)(C)C)nc1. The Hall–Kier alpha value is -1.88. The maximum atomic E-state index is 5.67. The number of imidazole rings is 1. The molecule has 0 bridgehead atoms. The molecule has 0 radical (unpaired) electrons. The van der Waals surface area contributed by atoms with E-state index in [1.54, 1.807) is 12.4 Å². The zero-order chi connectivity index (χ0) is 14.6. The number of nitrogens with zero attached hydrogens (tertiary/aromatic N) is 3. The summed E-state index contributed by atoms with van der Waals surface area (Å²) in [6, 6.07) is 3.92. The molecular formula is C15H22N4O. The van der Waals surface area contributed by atoms with Crippen LogP contribution < -0.4 is 10.1 Å². The van der Waals surface area contributed by atoms with Crippen molar-refractivity contribution in [2.45, 2.75) is 39.5 Å². The molecule has 0 aliphatic heterocycles. The molecule has 0 spiro atoms. The van der Waals surface area contributed by atoms with E-state index in [-0.39, 0.29) is 5.54 Å². The van der Waals surface area contributed by atoms with Crippen molar-refractivity contribution in [1.29, 1.82) is 0 Å². The third-order valence-electron chi connectivity index (χ3n) is 2.89.